The summed E-state index contributed by atoms with van der Waals surface area (Å²) in [5.41, 5.74) is 1.42. The number of rotatable bonds is 8. The number of hydrogen-bond donors (Lipinski definition) is 0. The fraction of sp³-hybridized carbons (Fsp3) is 0.636. The molecule has 0 aliphatic carbocycles. The van der Waals surface area contributed by atoms with Crippen LogP contribution in [0.25, 0.3) is 0 Å². The Morgan fingerprint density at radius 3 is 2.33 bits per heavy atom. The molecule has 1 saturated heterocycles. The number of ether oxygens (including phenoxy) is 3. The number of nitrogens with zero attached hydrogens (tertiary/aromatic N) is 3. The van der Waals surface area contributed by atoms with E-state index in [2.05, 4.69) is 6.07 Å². The normalized spacial score (nSPS) is 15.5. The van der Waals surface area contributed by atoms with Gasteiger partial charge in [0.05, 0.1) is 12.2 Å². The first-order valence-corrected chi connectivity index (χ1v) is 10.3. The summed E-state index contributed by atoms with van der Waals surface area (Å²) >= 11 is 0. The van der Waals surface area contributed by atoms with Gasteiger partial charge in [-0.05, 0) is 51.2 Å². The van der Waals surface area contributed by atoms with E-state index in [4.69, 9.17) is 14.2 Å². The molecule has 0 atom stereocenters. The zero-order valence-corrected chi connectivity index (χ0v) is 19.0. The van der Waals surface area contributed by atoms with Crippen LogP contribution in [0.4, 0.5) is 10.5 Å². The molecule has 0 unspecified atom stereocenters. The van der Waals surface area contributed by atoms with Crippen LogP contribution in [0.2, 0.25) is 0 Å². The van der Waals surface area contributed by atoms with Crippen LogP contribution in [-0.4, -0.2) is 75.2 Å². The number of methoxy groups -OCH3 is 2. The standard InChI is InChI=1S/C22H35N3O5/c1-22(2,3)30-21(27)24-13-11-17(12-14-24)18-9-7-8-10-19(18)25(16-26)23(4)15-20(28-5)29-6/h7-10,16-17,20H,11-15H2,1-6H3. The van der Waals surface area contributed by atoms with E-state index >= 15 is 0 Å². The molecule has 0 spiro atoms. The fourth-order valence-electron chi connectivity index (χ4n) is 3.61. The molecule has 1 heterocycles. The first-order valence-electron chi connectivity index (χ1n) is 10.3. The molecule has 2 amide bonds. The molecular weight excluding hydrogens is 386 g/mol. The molecular formula is C22H35N3O5. The van der Waals surface area contributed by atoms with Crippen molar-refractivity contribution in [2.45, 2.75) is 51.4 Å². The summed E-state index contributed by atoms with van der Waals surface area (Å²) < 4.78 is 16.0. The lowest BCUT2D eigenvalue weighted by Crippen LogP contribution is -2.45. The molecule has 0 aromatic heterocycles. The Labute approximate surface area is 179 Å². The molecule has 0 N–H and O–H groups in total. The third kappa shape index (κ3) is 6.42. The fourth-order valence-corrected chi connectivity index (χ4v) is 3.61. The van der Waals surface area contributed by atoms with Crippen LogP contribution >= 0.6 is 0 Å². The molecule has 2 rings (SSSR count). The highest BCUT2D eigenvalue weighted by atomic mass is 16.7. The van der Waals surface area contributed by atoms with E-state index in [1.807, 2.05) is 46.0 Å². The van der Waals surface area contributed by atoms with E-state index in [1.165, 1.54) is 0 Å². The van der Waals surface area contributed by atoms with E-state index in [9.17, 15) is 9.59 Å². The maximum absolute atomic E-state index is 12.3. The molecule has 0 radical (unpaired) electrons. The first kappa shape index (κ1) is 24.1. The van der Waals surface area contributed by atoms with Crippen LogP contribution in [0, 0.1) is 0 Å². The predicted molar refractivity (Wildman–Crippen MR) is 115 cm³/mol. The summed E-state index contributed by atoms with van der Waals surface area (Å²) in [7, 11) is 4.96. The van der Waals surface area contributed by atoms with Crippen molar-refractivity contribution in [1.82, 2.24) is 9.91 Å². The van der Waals surface area contributed by atoms with E-state index in [0.717, 1.165) is 30.5 Å². The number of likely N-dealkylation sites (N-methyl/N-ethyl adjacent to an activating group) is 1. The highest BCUT2D eigenvalue weighted by Gasteiger charge is 2.29. The lowest BCUT2D eigenvalue weighted by Gasteiger charge is -2.36. The maximum Gasteiger partial charge on any atom is 0.410 e. The van der Waals surface area contributed by atoms with Gasteiger partial charge in [0.15, 0.2) is 6.29 Å². The summed E-state index contributed by atoms with van der Waals surface area (Å²) in [6.45, 7) is 7.26. The van der Waals surface area contributed by atoms with Crippen LogP contribution in [0.3, 0.4) is 0 Å². The molecule has 1 aliphatic rings. The molecule has 1 aromatic carbocycles. The minimum absolute atomic E-state index is 0.247. The number of piperidine rings is 1. The summed E-state index contributed by atoms with van der Waals surface area (Å²) in [6.07, 6.45) is 1.71. The largest absolute Gasteiger partial charge is 0.444 e. The van der Waals surface area contributed by atoms with Crippen molar-refractivity contribution in [3.63, 3.8) is 0 Å². The number of amides is 2. The van der Waals surface area contributed by atoms with E-state index in [-0.39, 0.29) is 12.0 Å². The van der Waals surface area contributed by atoms with Crippen LogP contribution in [0.5, 0.6) is 0 Å². The average Bonchev–Trinajstić information content (AvgIpc) is 2.72. The number of benzene rings is 1. The van der Waals surface area contributed by atoms with Gasteiger partial charge in [-0.15, -0.1) is 0 Å². The van der Waals surface area contributed by atoms with Gasteiger partial charge < -0.3 is 19.1 Å². The van der Waals surface area contributed by atoms with Crippen molar-refractivity contribution in [1.29, 1.82) is 0 Å². The number of carbonyl (C=O) groups is 2. The monoisotopic (exact) mass is 421 g/mol. The average molecular weight is 422 g/mol. The minimum Gasteiger partial charge on any atom is -0.444 e. The molecule has 1 aliphatic heterocycles. The van der Waals surface area contributed by atoms with Crippen molar-refractivity contribution in [3.05, 3.63) is 29.8 Å². The van der Waals surface area contributed by atoms with Crippen LogP contribution in [0.1, 0.15) is 45.1 Å². The van der Waals surface area contributed by atoms with Gasteiger partial charge in [-0.25, -0.2) is 14.8 Å². The number of para-hydroxylation sites is 1. The Balaban J connectivity index is 2.11. The lowest BCUT2D eigenvalue weighted by molar-refractivity contribution is -0.121. The SMILES string of the molecule is COC(CN(C)N(C=O)c1ccccc1C1CCN(C(=O)OC(C)(C)C)CC1)OC. The minimum atomic E-state index is -0.502. The zero-order valence-electron chi connectivity index (χ0n) is 19.0. The molecule has 8 heteroatoms. The van der Waals surface area contributed by atoms with Gasteiger partial charge in [-0.2, -0.15) is 0 Å². The molecule has 1 fully saturated rings. The summed E-state index contributed by atoms with van der Waals surface area (Å²) in [5, 5.41) is 3.36. The van der Waals surface area contributed by atoms with Crippen molar-refractivity contribution in [3.8, 4) is 0 Å². The third-order valence-electron chi connectivity index (χ3n) is 5.18. The second-order valence-electron chi connectivity index (χ2n) is 8.49. The molecule has 8 nitrogen and oxygen atoms in total. The number of carbonyl (C=O) groups excluding carboxylic acids is 2. The van der Waals surface area contributed by atoms with Crippen LogP contribution in [0.15, 0.2) is 24.3 Å². The third-order valence-corrected chi connectivity index (χ3v) is 5.18. The van der Waals surface area contributed by atoms with Gasteiger partial charge in [0.2, 0.25) is 6.41 Å². The second kappa shape index (κ2) is 10.7. The van der Waals surface area contributed by atoms with Crippen molar-refractivity contribution in [2.75, 3.05) is 45.9 Å². The van der Waals surface area contributed by atoms with Gasteiger partial charge >= 0.3 is 6.09 Å². The van der Waals surface area contributed by atoms with Crippen LogP contribution < -0.4 is 5.01 Å². The zero-order chi connectivity index (χ0) is 22.3. The van der Waals surface area contributed by atoms with Gasteiger partial charge in [0.25, 0.3) is 0 Å². The maximum atomic E-state index is 12.3. The van der Waals surface area contributed by atoms with Crippen molar-refractivity contribution < 1.29 is 23.8 Å². The number of hydrogen-bond acceptors (Lipinski definition) is 6. The molecule has 0 saturated carbocycles. The van der Waals surface area contributed by atoms with Gasteiger partial charge in [0.1, 0.15) is 5.60 Å². The van der Waals surface area contributed by atoms with E-state index < -0.39 is 11.9 Å². The smallest absolute Gasteiger partial charge is 0.410 e. The Kier molecular flexibility index (Phi) is 8.64. The second-order valence-corrected chi connectivity index (χ2v) is 8.49. The van der Waals surface area contributed by atoms with Gasteiger partial charge in [-0.1, -0.05) is 18.2 Å². The summed E-state index contributed by atoms with van der Waals surface area (Å²) in [5.74, 6) is 0.247. The quantitative estimate of drug-likeness (QED) is 0.365. The highest BCUT2D eigenvalue weighted by Crippen LogP contribution is 2.35. The molecule has 0 bridgehead atoms. The molecule has 168 valence electrons. The first-order chi connectivity index (χ1) is 14.2. The molecule has 30 heavy (non-hydrogen) atoms. The van der Waals surface area contributed by atoms with E-state index in [1.54, 1.807) is 29.1 Å². The summed E-state index contributed by atoms with van der Waals surface area (Å²) in [6, 6.07) is 7.89. The number of hydrazine groups is 1. The van der Waals surface area contributed by atoms with E-state index in [0.29, 0.717) is 19.6 Å². The van der Waals surface area contributed by atoms with Crippen molar-refractivity contribution >= 4 is 18.2 Å². The van der Waals surface area contributed by atoms with Crippen molar-refractivity contribution in [2.24, 2.45) is 0 Å². The summed E-state index contributed by atoms with van der Waals surface area (Å²) in [4.78, 5) is 26.1. The van der Waals surface area contributed by atoms with Gasteiger partial charge in [-0.3, -0.25) is 4.79 Å². The number of likely N-dealkylation sites (tertiary alicyclic amines) is 1. The topological polar surface area (TPSA) is 71.6 Å². The van der Waals surface area contributed by atoms with Crippen LogP contribution in [-0.2, 0) is 19.0 Å². The molecule has 1 aromatic rings. The van der Waals surface area contributed by atoms with Gasteiger partial charge in [0, 0.05) is 34.4 Å². The lowest BCUT2D eigenvalue weighted by atomic mass is 9.88. The Bertz CT molecular complexity index is 694. The Morgan fingerprint density at radius 1 is 1.20 bits per heavy atom. The highest BCUT2D eigenvalue weighted by molar-refractivity contribution is 5.76. The Morgan fingerprint density at radius 2 is 1.80 bits per heavy atom. The predicted octanol–water partition coefficient (Wildman–Crippen LogP) is 3.23. The Hall–Kier alpha value is -2.16. The number of anilines is 1.